The molecular formula is C11H22N2O. The average Bonchev–Trinajstić information content (AvgIpc) is 2.27. The number of likely N-dealkylation sites (tertiary alicyclic amines) is 1. The van der Waals surface area contributed by atoms with Crippen LogP contribution in [0.5, 0.6) is 0 Å². The summed E-state index contributed by atoms with van der Waals surface area (Å²) in [6.45, 7) is 5.94. The SMILES string of the molecule is CC[C@@H](C)[C@@H](N)C(=O)N1CCCCC1. The highest BCUT2D eigenvalue weighted by molar-refractivity contribution is 5.82. The number of carbonyl (C=O) groups is 1. The van der Waals surface area contributed by atoms with Crippen LogP contribution in [0.1, 0.15) is 39.5 Å². The molecule has 0 aromatic heterocycles. The molecule has 3 heteroatoms. The Morgan fingerprint density at radius 1 is 1.36 bits per heavy atom. The highest BCUT2D eigenvalue weighted by Gasteiger charge is 2.25. The van der Waals surface area contributed by atoms with E-state index < -0.39 is 0 Å². The van der Waals surface area contributed by atoms with E-state index >= 15 is 0 Å². The van der Waals surface area contributed by atoms with Crippen LogP contribution in [0.25, 0.3) is 0 Å². The second kappa shape index (κ2) is 5.35. The number of nitrogens with two attached hydrogens (primary N) is 1. The van der Waals surface area contributed by atoms with Gasteiger partial charge in [-0.2, -0.15) is 0 Å². The molecule has 2 N–H and O–H groups in total. The van der Waals surface area contributed by atoms with Crippen LogP contribution in [0.15, 0.2) is 0 Å². The molecule has 1 saturated heterocycles. The van der Waals surface area contributed by atoms with E-state index in [1.807, 2.05) is 11.8 Å². The van der Waals surface area contributed by atoms with E-state index in [0.717, 1.165) is 32.4 Å². The van der Waals surface area contributed by atoms with Gasteiger partial charge >= 0.3 is 0 Å². The number of piperidine rings is 1. The summed E-state index contributed by atoms with van der Waals surface area (Å²) >= 11 is 0. The Morgan fingerprint density at radius 3 is 2.43 bits per heavy atom. The lowest BCUT2D eigenvalue weighted by molar-refractivity contribution is -0.134. The molecule has 0 radical (unpaired) electrons. The van der Waals surface area contributed by atoms with E-state index in [4.69, 9.17) is 5.73 Å². The first-order valence-electron chi connectivity index (χ1n) is 5.71. The lowest BCUT2D eigenvalue weighted by Gasteiger charge is -2.30. The zero-order valence-electron chi connectivity index (χ0n) is 9.33. The van der Waals surface area contributed by atoms with Gasteiger partial charge < -0.3 is 10.6 Å². The van der Waals surface area contributed by atoms with E-state index in [0.29, 0.717) is 5.92 Å². The summed E-state index contributed by atoms with van der Waals surface area (Å²) in [7, 11) is 0. The lowest BCUT2D eigenvalue weighted by atomic mass is 9.98. The molecule has 0 unspecified atom stereocenters. The average molecular weight is 198 g/mol. The molecule has 0 aromatic carbocycles. The van der Waals surface area contributed by atoms with Crippen molar-refractivity contribution in [1.29, 1.82) is 0 Å². The summed E-state index contributed by atoms with van der Waals surface area (Å²) in [4.78, 5) is 13.8. The quantitative estimate of drug-likeness (QED) is 0.744. The minimum absolute atomic E-state index is 0.152. The van der Waals surface area contributed by atoms with E-state index in [2.05, 4.69) is 6.92 Å². The standard InChI is InChI=1S/C11H22N2O/c1-3-9(2)10(12)11(14)13-7-5-4-6-8-13/h9-10H,3-8,12H2,1-2H3/t9-,10-/m1/s1. The van der Waals surface area contributed by atoms with Gasteiger partial charge in [-0.05, 0) is 25.2 Å². The summed E-state index contributed by atoms with van der Waals surface area (Å²) in [6.07, 6.45) is 4.50. The second-order valence-corrected chi connectivity index (χ2v) is 4.30. The molecule has 1 aliphatic rings. The maximum atomic E-state index is 11.9. The van der Waals surface area contributed by atoms with Crippen LogP contribution in [0.3, 0.4) is 0 Å². The van der Waals surface area contributed by atoms with Gasteiger partial charge in [-0.1, -0.05) is 20.3 Å². The maximum absolute atomic E-state index is 11.9. The van der Waals surface area contributed by atoms with Crippen LogP contribution >= 0.6 is 0 Å². The van der Waals surface area contributed by atoms with E-state index in [1.54, 1.807) is 0 Å². The Kier molecular flexibility index (Phi) is 4.39. The topological polar surface area (TPSA) is 46.3 Å². The van der Waals surface area contributed by atoms with Gasteiger partial charge in [0.05, 0.1) is 6.04 Å². The minimum Gasteiger partial charge on any atom is -0.341 e. The predicted molar refractivity (Wildman–Crippen MR) is 57.9 cm³/mol. The van der Waals surface area contributed by atoms with Crippen LogP contribution in [0.2, 0.25) is 0 Å². The zero-order chi connectivity index (χ0) is 10.6. The molecule has 0 saturated carbocycles. The number of nitrogens with zero attached hydrogens (tertiary/aromatic N) is 1. The first kappa shape index (κ1) is 11.5. The molecule has 14 heavy (non-hydrogen) atoms. The fourth-order valence-electron chi connectivity index (χ4n) is 1.82. The number of hydrogen-bond acceptors (Lipinski definition) is 2. The fraction of sp³-hybridized carbons (Fsp3) is 0.909. The van der Waals surface area contributed by atoms with Crippen molar-refractivity contribution in [3.05, 3.63) is 0 Å². The summed E-state index contributed by atoms with van der Waals surface area (Å²) in [6, 6.07) is -0.293. The third-order valence-electron chi connectivity index (χ3n) is 3.21. The number of hydrogen-bond donors (Lipinski definition) is 1. The number of carbonyl (C=O) groups excluding carboxylic acids is 1. The summed E-state index contributed by atoms with van der Waals surface area (Å²) in [5.74, 6) is 0.448. The molecule has 0 bridgehead atoms. The Bertz CT molecular complexity index is 184. The van der Waals surface area contributed by atoms with Gasteiger partial charge in [-0.25, -0.2) is 0 Å². The van der Waals surface area contributed by atoms with Crippen molar-refractivity contribution in [1.82, 2.24) is 4.90 Å². The monoisotopic (exact) mass is 198 g/mol. The van der Waals surface area contributed by atoms with Gasteiger partial charge in [0.2, 0.25) is 5.91 Å². The van der Waals surface area contributed by atoms with Crippen LogP contribution in [-0.4, -0.2) is 29.9 Å². The normalized spacial score (nSPS) is 21.8. The predicted octanol–water partition coefficient (Wildman–Crippen LogP) is 1.37. The van der Waals surface area contributed by atoms with E-state index in [9.17, 15) is 4.79 Å². The van der Waals surface area contributed by atoms with Crippen LogP contribution < -0.4 is 5.73 Å². The summed E-state index contributed by atoms with van der Waals surface area (Å²) in [5.41, 5.74) is 5.91. The van der Waals surface area contributed by atoms with Crippen LogP contribution in [0.4, 0.5) is 0 Å². The van der Waals surface area contributed by atoms with E-state index in [-0.39, 0.29) is 11.9 Å². The van der Waals surface area contributed by atoms with Crippen LogP contribution in [-0.2, 0) is 4.79 Å². The highest BCUT2D eigenvalue weighted by atomic mass is 16.2. The van der Waals surface area contributed by atoms with Gasteiger partial charge in [0, 0.05) is 13.1 Å². The molecular weight excluding hydrogens is 176 g/mol. The molecule has 1 amide bonds. The van der Waals surface area contributed by atoms with Crippen LogP contribution in [0, 0.1) is 5.92 Å². The first-order chi connectivity index (χ1) is 6.66. The van der Waals surface area contributed by atoms with Crippen molar-refractivity contribution in [3.63, 3.8) is 0 Å². The number of amides is 1. The molecule has 1 rings (SSSR count). The smallest absolute Gasteiger partial charge is 0.239 e. The van der Waals surface area contributed by atoms with Crippen molar-refractivity contribution in [2.75, 3.05) is 13.1 Å². The molecule has 1 heterocycles. The second-order valence-electron chi connectivity index (χ2n) is 4.30. The fourth-order valence-corrected chi connectivity index (χ4v) is 1.82. The molecule has 2 atom stereocenters. The largest absolute Gasteiger partial charge is 0.341 e. The Hall–Kier alpha value is -0.570. The molecule has 0 spiro atoms. The molecule has 0 aromatic rings. The third kappa shape index (κ3) is 2.71. The molecule has 1 fully saturated rings. The number of rotatable bonds is 3. The van der Waals surface area contributed by atoms with Crippen molar-refractivity contribution in [2.45, 2.75) is 45.6 Å². The van der Waals surface area contributed by atoms with Crippen molar-refractivity contribution >= 4 is 5.91 Å². The molecule has 1 aliphatic heterocycles. The van der Waals surface area contributed by atoms with Gasteiger partial charge in [0.15, 0.2) is 0 Å². The third-order valence-corrected chi connectivity index (χ3v) is 3.21. The maximum Gasteiger partial charge on any atom is 0.239 e. The van der Waals surface area contributed by atoms with Crippen molar-refractivity contribution < 1.29 is 4.79 Å². The van der Waals surface area contributed by atoms with E-state index in [1.165, 1.54) is 6.42 Å². The summed E-state index contributed by atoms with van der Waals surface area (Å²) in [5, 5.41) is 0. The Labute approximate surface area is 86.6 Å². The van der Waals surface area contributed by atoms with Gasteiger partial charge in [0.25, 0.3) is 0 Å². The van der Waals surface area contributed by atoms with Gasteiger partial charge in [-0.15, -0.1) is 0 Å². The Balaban J connectivity index is 2.46. The van der Waals surface area contributed by atoms with Gasteiger partial charge in [-0.3, -0.25) is 4.79 Å². The highest BCUT2D eigenvalue weighted by Crippen LogP contribution is 2.13. The zero-order valence-corrected chi connectivity index (χ0v) is 9.33. The lowest BCUT2D eigenvalue weighted by Crippen LogP contribution is -2.48. The molecule has 0 aliphatic carbocycles. The molecule has 82 valence electrons. The van der Waals surface area contributed by atoms with Crippen molar-refractivity contribution in [3.8, 4) is 0 Å². The summed E-state index contributed by atoms with van der Waals surface area (Å²) < 4.78 is 0. The first-order valence-corrected chi connectivity index (χ1v) is 5.71. The Morgan fingerprint density at radius 2 is 1.93 bits per heavy atom. The van der Waals surface area contributed by atoms with Gasteiger partial charge in [0.1, 0.15) is 0 Å². The van der Waals surface area contributed by atoms with Crippen molar-refractivity contribution in [2.24, 2.45) is 11.7 Å². The molecule has 3 nitrogen and oxygen atoms in total. The minimum atomic E-state index is -0.293.